The topological polar surface area (TPSA) is 348 Å². The summed E-state index contributed by atoms with van der Waals surface area (Å²) in [6.07, 6.45) is 7.34. The van der Waals surface area contributed by atoms with E-state index in [0.29, 0.717) is 25.7 Å². The first-order valence-electron chi connectivity index (χ1n) is 27.8. The number of esters is 9. The van der Waals surface area contributed by atoms with E-state index in [1.54, 1.807) is 0 Å². The molecule has 0 aromatic heterocycles. The normalized spacial score (nSPS) is 23.1. The van der Waals surface area contributed by atoms with Crippen molar-refractivity contribution in [2.45, 2.75) is 130 Å². The summed E-state index contributed by atoms with van der Waals surface area (Å²) in [5.41, 5.74) is 0. The van der Waals surface area contributed by atoms with Crippen molar-refractivity contribution in [3.63, 3.8) is 0 Å². The predicted molar refractivity (Wildman–Crippen MR) is 301 cm³/mol. The van der Waals surface area contributed by atoms with E-state index < -0.39 is 98.2 Å². The molecule has 0 saturated carbocycles. The Kier molecular flexibility index (Phi) is 44.6. The lowest BCUT2D eigenvalue weighted by Crippen LogP contribution is -2.28. The minimum Gasteiger partial charge on any atom is -0.481 e. The van der Waals surface area contributed by atoms with E-state index >= 15 is 0 Å². The monoisotopic (exact) mass is 1260 g/mol. The molecule has 4 unspecified atom stereocenters. The van der Waals surface area contributed by atoms with Crippen molar-refractivity contribution < 1.29 is 125 Å². The fraction of sp³-hybridized carbons (Fsp3) is 0.792. The Morgan fingerprint density at radius 3 is 0.964 bits per heavy atom. The van der Waals surface area contributed by atoms with Gasteiger partial charge in [-0.2, -0.15) is 0 Å². The Balaban J connectivity index is 1.88. The maximum absolute atomic E-state index is 13.2. The van der Waals surface area contributed by atoms with Crippen LogP contribution >= 0.6 is 47.0 Å². The largest absolute Gasteiger partial charge is 0.481 e. The highest BCUT2D eigenvalue weighted by molar-refractivity contribution is 8.01. The van der Waals surface area contributed by atoms with Crippen LogP contribution in [-0.2, 0) is 114 Å². The van der Waals surface area contributed by atoms with Gasteiger partial charge in [0.05, 0.1) is 129 Å². The molecule has 0 aliphatic carbocycles. The standard InChI is InChI=1S/C53H82O26S4/c54-43(55)36-81-40-34-46(59)72-15-11-7-3-4-8-12-17-76-50(63)39(32-48(61)75-27-23-67-19-20-68-24-28-77-51(40)64)80-31-13-18-74-49(62)38-83-42-35-47(60)73-16-10-6-2-1-5-9-14-71-45(58)33-41(82-37-44(56)57)52(65)78-29-25-69-21-22-70-26-30-79-53(42)66/h39-42H,1-38H2,(H,54,55)(H,56,57). The molecular formula is C53H82O26S4. The Labute approximate surface area is 500 Å². The van der Waals surface area contributed by atoms with Crippen molar-refractivity contribution in [1.29, 1.82) is 0 Å². The average Bonchev–Trinajstić information content (AvgIpc) is 3.47. The third-order valence-electron chi connectivity index (χ3n) is 11.3. The summed E-state index contributed by atoms with van der Waals surface area (Å²) in [6.45, 7) is 0.117. The smallest absolute Gasteiger partial charge is 0.319 e. The Morgan fingerprint density at radius 1 is 0.349 bits per heavy atom. The summed E-state index contributed by atoms with van der Waals surface area (Å²) < 4.78 is 69.6. The molecule has 0 bridgehead atoms. The molecule has 2 fully saturated rings. The van der Waals surface area contributed by atoms with Crippen LogP contribution in [0.25, 0.3) is 0 Å². The van der Waals surface area contributed by atoms with Gasteiger partial charge in [0.2, 0.25) is 0 Å². The van der Waals surface area contributed by atoms with E-state index in [9.17, 15) is 52.7 Å². The molecule has 30 heteroatoms. The second kappa shape index (κ2) is 49.6. The van der Waals surface area contributed by atoms with Crippen LogP contribution in [0.3, 0.4) is 0 Å². The molecule has 2 heterocycles. The zero-order valence-corrected chi connectivity index (χ0v) is 50.3. The first-order chi connectivity index (χ1) is 40.1. The number of carboxylic acids is 2. The van der Waals surface area contributed by atoms with Gasteiger partial charge in [-0.25, -0.2) is 0 Å². The SMILES string of the molecule is O=C(O)CSC1CC(=O)OCCCCCCCCOC(=O)C(SCCCOC(=O)CSC2CC(=O)OCCCCCCCCOC(=O)CC(SCC(=O)O)C(=O)OCCOCCOCCOC2=O)CC(=O)OCCOCCOCCOC1=O. The number of carboxylic acid groups (broad SMARTS) is 2. The van der Waals surface area contributed by atoms with Gasteiger partial charge in [-0.15, -0.1) is 47.0 Å². The van der Waals surface area contributed by atoms with Gasteiger partial charge in [0.15, 0.2) is 0 Å². The van der Waals surface area contributed by atoms with Crippen molar-refractivity contribution in [3.8, 4) is 0 Å². The van der Waals surface area contributed by atoms with Crippen LogP contribution in [0.5, 0.6) is 0 Å². The molecule has 2 aliphatic heterocycles. The van der Waals surface area contributed by atoms with Crippen molar-refractivity contribution in [1.82, 2.24) is 0 Å². The molecule has 2 rings (SSSR count). The van der Waals surface area contributed by atoms with Gasteiger partial charge in [-0.1, -0.05) is 51.4 Å². The summed E-state index contributed by atoms with van der Waals surface area (Å²) >= 11 is 3.52. The molecule has 83 heavy (non-hydrogen) atoms. The molecule has 2 aliphatic rings. The number of ether oxygens (including phenoxy) is 13. The van der Waals surface area contributed by atoms with Crippen LogP contribution in [0, 0.1) is 0 Å². The number of carbonyl (C=O) groups excluding carboxylic acids is 9. The molecule has 0 amide bonds. The fourth-order valence-electron chi connectivity index (χ4n) is 7.09. The predicted octanol–water partition coefficient (Wildman–Crippen LogP) is 4.18. The van der Waals surface area contributed by atoms with Crippen LogP contribution in [0.15, 0.2) is 0 Å². The van der Waals surface area contributed by atoms with Gasteiger partial charge >= 0.3 is 65.7 Å². The van der Waals surface area contributed by atoms with Gasteiger partial charge in [0.1, 0.15) is 47.4 Å². The van der Waals surface area contributed by atoms with E-state index in [1.165, 1.54) is 0 Å². The summed E-state index contributed by atoms with van der Waals surface area (Å²) in [5, 5.41) is 14.0. The first kappa shape index (κ1) is 74.5. The van der Waals surface area contributed by atoms with Gasteiger partial charge in [-0.3, -0.25) is 52.7 Å². The highest BCUT2D eigenvalue weighted by Gasteiger charge is 2.30. The van der Waals surface area contributed by atoms with E-state index in [-0.39, 0.29) is 156 Å². The second-order valence-electron chi connectivity index (χ2n) is 18.2. The summed E-state index contributed by atoms with van der Waals surface area (Å²) in [6, 6.07) is 0. The molecule has 0 aromatic carbocycles. The van der Waals surface area contributed by atoms with Crippen LogP contribution in [0.4, 0.5) is 0 Å². The van der Waals surface area contributed by atoms with Gasteiger partial charge in [-0.05, 0) is 37.9 Å². The molecule has 26 nitrogen and oxygen atoms in total. The number of carbonyl (C=O) groups is 11. The first-order valence-corrected chi connectivity index (χ1v) is 32.0. The number of aliphatic carboxylic acids is 2. The third kappa shape index (κ3) is 42.0. The number of cyclic esters (lactones) is 8. The third-order valence-corrected chi connectivity index (χ3v) is 16.1. The minimum absolute atomic E-state index is 0.000407. The van der Waals surface area contributed by atoms with E-state index in [0.717, 1.165) is 98.4 Å². The van der Waals surface area contributed by atoms with Crippen molar-refractivity contribution in [2.75, 3.05) is 135 Å². The molecule has 2 N–H and O–H groups in total. The molecule has 2 saturated heterocycles. The highest BCUT2D eigenvalue weighted by atomic mass is 32.2. The molecule has 0 radical (unpaired) electrons. The molecule has 4 atom stereocenters. The molecule has 0 aromatic rings. The number of hydrogen-bond donors (Lipinski definition) is 2. The van der Waals surface area contributed by atoms with Crippen molar-refractivity contribution in [2.24, 2.45) is 0 Å². The van der Waals surface area contributed by atoms with E-state index in [4.69, 9.17) is 71.8 Å². The van der Waals surface area contributed by atoms with Gasteiger partial charge in [0, 0.05) is 0 Å². The highest BCUT2D eigenvalue weighted by Crippen LogP contribution is 2.23. The summed E-state index contributed by atoms with van der Waals surface area (Å²) in [4.78, 5) is 137. The lowest BCUT2D eigenvalue weighted by Gasteiger charge is -2.16. The zero-order valence-electron chi connectivity index (χ0n) is 47.0. The molecular weight excluding hydrogens is 1180 g/mol. The Hall–Kier alpha value is -4.59. The Morgan fingerprint density at radius 2 is 0.614 bits per heavy atom. The van der Waals surface area contributed by atoms with Crippen molar-refractivity contribution in [3.05, 3.63) is 0 Å². The van der Waals surface area contributed by atoms with Gasteiger partial charge < -0.3 is 71.8 Å². The molecule has 474 valence electrons. The summed E-state index contributed by atoms with van der Waals surface area (Å²) in [5.74, 6) is -9.36. The van der Waals surface area contributed by atoms with Crippen LogP contribution in [-0.4, -0.2) is 232 Å². The molecule has 0 spiro atoms. The number of rotatable bonds is 14. The second-order valence-corrected chi connectivity index (χ2v) is 23.1. The van der Waals surface area contributed by atoms with Crippen LogP contribution in [0.2, 0.25) is 0 Å². The zero-order chi connectivity index (χ0) is 60.6. The maximum atomic E-state index is 13.2. The van der Waals surface area contributed by atoms with E-state index in [1.807, 2.05) is 0 Å². The quantitative estimate of drug-likeness (QED) is 0.140. The Bertz CT molecular complexity index is 1930. The van der Waals surface area contributed by atoms with Crippen LogP contribution < -0.4 is 0 Å². The average molecular weight is 1260 g/mol. The van der Waals surface area contributed by atoms with Crippen molar-refractivity contribution >= 4 is 113 Å². The van der Waals surface area contributed by atoms with Crippen LogP contribution in [0.1, 0.15) is 109 Å². The summed E-state index contributed by atoms with van der Waals surface area (Å²) in [7, 11) is 0. The lowest BCUT2D eigenvalue weighted by atomic mass is 10.1. The lowest BCUT2D eigenvalue weighted by molar-refractivity contribution is -0.151. The number of hydrogen-bond acceptors (Lipinski definition) is 28. The fourth-order valence-corrected chi connectivity index (χ4v) is 10.6. The minimum atomic E-state index is -1.15. The maximum Gasteiger partial charge on any atom is 0.319 e. The number of thioether (sulfide) groups is 4. The van der Waals surface area contributed by atoms with Gasteiger partial charge in [0.25, 0.3) is 0 Å². The van der Waals surface area contributed by atoms with E-state index in [2.05, 4.69) is 0 Å².